The SMILES string of the molecule is O=C(O)CCC1CCCCN1c1ncnc2ccsc12. The average Bonchev–Trinajstić information content (AvgIpc) is 2.93. The van der Waals surface area contributed by atoms with Crippen molar-refractivity contribution in [2.24, 2.45) is 0 Å². The van der Waals surface area contributed by atoms with Gasteiger partial charge in [0.15, 0.2) is 0 Å². The molecule has 6 heteroatoms. The maximum absolute atomic E-state index is 10.8. The molecular formula is C14H17N3O2S. The van der Waals surface area contributed by atoms with Crippen molar-refractivity contribution in [3.05, 3.63) is 17.8 Å². The van der Waals surface area contributed by atoms with E-state index in [1.165, 1.54) is 6.42 Å². The van der Waals surface area contributed by atoms with Crippen molar-refractivity contribution >= 4 is 33.3 Å². The molecule has 1 N–H and O–H groups in total. The molecule has 106 valence electrons. The highest BCUT2D eigenvalue weighted by Crippen LogP contribution is 2.33. The molecule has 0 aromatic carbocycles. The molecule has 0 saturated carbocycles. The molecular weight excluding hydrogens is 274 g/mol. The molecule has 3 rings (SSSR count). The normalized spacial score (nSPS) is 19.4. The number of fused-ring (bicyclic) bond motifs is 1. The molecule has 0 amide bonds. The molecule has 0 bridgehead atoms. The van der Waals surface area contributed by atoms with Crippen LogP contribution in [0.1, 0.15) is 32.1 Å². The summed E-state index contributed by atoms with van der Waals surface area (Å²) in [6, 6.07) is 2.28. The topological polar surface area (TPSA) is 66.3 Å². The lowest BCUT2D eigenvalue weighted by Gasteiger charge is -2.36. The fourth-order valence-corrected chi connectivity index (χ4v) is 3.70. The second kappa shape index (κ2) is 5.75. The van der Waals surface area contributed by atoms with E-state index < -0.39 is 5.97 Å². The van der Waals surface area contributed by atoms with Crippen LogP contribution in [0, 0.1) is 0 Å². The average molecular weight is 291 g/mol. The fourth-order valence-electron chi connectivity index (χ4n) is 2.85. The zero-order valence-corrected chi connectivity index (χ0v) is 12.0. The predicted molar refractivity (Wildman–Crippen MR) is 79.3 cm³/mol. The van der Waals surface area contributed by atoms with Gasteiger partial charge in [-0.05, 0) is 37.1 Å². The van der Waals surface area contributed by atoms with Crippen LogP contribution in [0.25, 0.3) is 10.2 Å². The number of thiophene rings is 1. The predicted octanol–water partition coefficient (Wildman–Crippen LogP) is 2.92. The number of hydrogen-bond donors (Lipinski definition) is 1. The third-order valence-electron chi connectivity index (χ3n) is 3.81. The molecule has 1 atom stereocenters. The Balaban J connectivity index is 1.89. The van der Waals surface area contributed by atoms with Gasteiger partial charge in [-0.25, -0.2) is 9.97 Å². The summed E-state index contributed by atoms with van der Waals surface area (Å²) in [6.45, 7) is 0.953. The first-order valence-electron chi connectivity index (χ1n) is 6.92. The first-order chi connectivity index (χ1) is 9.75. The number of piperidine rings is 1. The second-order valence-corrected chi connectivity index (χ2v) is 6.02. The first-order valence-corrected chi connectivity index (χ1v) is 7.80. The van der Waals surface area contributed by atoms with Gasteiger partial charge in [-0.1, -0.05) is 0 Å². The van der Waals surface area contributed by atoms with E-state index in [1.807, 2.05) is 11.4 Å². The summed E-state index contributed by atoms with van der Waals surface area (Å²) in [7, 11) is 0. The number of carbonyl (C=O) groups is 1. The maximum Gasteiger partial charge on any atom is 0.303 e. The summed E-state index contributed by atoms with van der Waals surface area (Å²) in [5.74, 6) is 0.250. The molecule has 1 aliphatic heterocycles. The minimum absolute atomic E-state index is 0.222. The van der Waals surface area contributed by atoms with Crippen molar-refractivity contribution in [3.63, 3.8) is 0 Å². The standard InChI is InChI=1S/C14H17N3O2S/c18-12(19)5-4-10-3-1-2-7-17(10)14-13-11(6-8-20-13)15-9-16-14/h6,8-10H,1-5,7H2,(H,18,19). The zero-order valence-electron chi connectivity index (χ0n) is 11.2. The van der Waals surface area contributed by atoms with E-state index in [0.717, 1.165) is 35.4 Å². The zero-order chi connectivity index (χ0) is 13.9. The van der Waals surface area contributed by atoms with E-state index in [1.54, 1.807) is 17.7 Å². The number of anilines is 1. The highest BCUT2D eigenvalue weighted by Gasteiger charge is 2.25. The van der Waals surface area contributed by atoms with Gasteiger partial charge in [0.25, 0.3) is 0 Å². The van der Waals surface area contributed by atoms with Crippen LogP contribution in [0.5, 0.6) is 0 Å². The molecule has 1 aliphatic rings. The van der Waals surface area contributed by atoms with Crippen LogP contribution in [-0.4, -0.2) is 33.6 Å². The number of nitrogens with zero attached hydrogens (tertiary/aromatic N) is 3. The third kappa shape index (κ3) is 2.60. The minimum atomic E-state index is -0.723. The molecule has 5 nitrogen and oxygen atoms in total. The quantitative estimate of drug-likeness (QED) is 0.938. The Morgan fingerprint density at radius 1 is 1.45 bits per heavy atom. The van der Waals surface area contributed by atoms with E-state index in [2.05, 4.69) is 14.9 Å². The summed E-state index contributed by atoms with van der Waals surface area (Å²) >= 11 is 1.65. The molecule has 1 saturated heterocycles. The Hall–Kier alpha value is -1.69. The van der Waals surface area contributed by atoms with E-state index >= 15 is 0 Å². The Morgan fingerprint density at radius 3 is 3.20 bits per heavy atom. The number of rotatable bonds is 4. The van der Waals surface area contributed by atoms with Crippen molar-refractivity contribution in [2.45, 2.75) is 38.1 Å². The van der Waals surface area contributed by atoms with Crippen LogP contribution < -0.4 is 4.90 Å². The third-order valence-corrected chi connectivity index (χ3v) is 4.71. The lowest BCUT2D eigenvalue weighted by atomic mass is 9.98. The summed E-state index contributed by atoms with van der Waals surface area (Å²) in [4.78, 5) is 21.8. The van der Waals surface area contributed by atoms with Gasteiger partial charge in [0.1, 0.15) is 12.1 Å². The van der Waals surface area contributed by atoms with Gasteiger partial charge in [-0.3, -0.25) is 4.79 Å². The number of carboxylic acid groups (broad SMARTS) is 1. The number of aliphatic carboxylic acids is 1. The lowest BCUT2D eigenvalue weighted by molar-refractivity contribution is -0.137. The molecule has 1 unspecified atom stereocenters. The smallest absolute Gasteiger partial charge is 0.303 e. The molecule has 0 aliphatic carbocycles. The highest BCUT2D eigenvalue weighted by atomic mass is 32.1. The van der Waals surface area contributed by atoms with Crippen LogP contribution in [-0.2, 0) is 4.79 Å². The highest BCUT2D eigenvalue weighted by molar-refractivity contribution is 7.17. The monoisotopic (exact) mass is 291 g/mol. The molecule has 2 aromatic heterocycles. The molecule has 1 fully saturated rings. The van der Waals surface area contributed by atoms with Gasteiger partial charge < -0.3 is 10.0 Å². The summed E-state index contributed by atoms with van der Waals surface area (Å²) in [5.41, 5.74) is 0.975. The first kappa shape index (κ1) is 13.3. The summed E-state index contributed by atoms with van der Waals surface area (Å²) in [6.07, 6.45) is 5.86. The largest absolute Gasteiger partial charge is 0.481 e. The molecule has 0 radical (unpaired) electrons. The Labute approximate surface area is 121 Å². The van der Waals surface area contributed by atoms with E-state index in [9.17, 15) is 4.79 Å². The summed E-state index contributed by atoms with van der Waals surface area (Å²) < 4.78 is 1.11. The maximum atomic E-state index is 10.8. The van der Waals surface area contributed by atoms with Gasteiger partial charge in [0.05, 0.1) is 10.2 Å². The summed E-state index contributed by atoms with van der Waals surface area (Å²) in [5, 5.41) is 10.9. The van der Waals surface area contributed by atoms with E-state index in [0.29, 0.717) is 6.42 Å². The van der Waals surface area contributed by atoms with Crippen molar-refractivity contribution in [1.82, 2.24) is 9.97 Å². The van der Waals surface area contributed by atoms with E-state index in [4.69, 9.17) is 5.11 Å². The molecule has 3 heterocycles. The molecule has 2 aromatic rings. The van der Waals surface area contributed by atoms with Crippen LogP contribution in [0.3, 0.4) is 0 Å². The van der Waals surface area contributed by atoms with Crippen molar-refractivity contribution in [2.75, 3.05) is 11.4 Å². The van der Waals surface area contributed by atoms with Gasteiger partial charge in [0.2, 0.25) is 0 Å². The van der Waals surface area contributed by atoms with Gasteiger partial charge in [-0.15, -0.1) is 11.3 Å². The van der Waals surface area contributed by atoms with Crippen LogP contribution in [0.2, 0.25) is 0 Å². The Bertz CT molecular complexity index is 613. The Morgan fingerprint density at radius 2 is 2.35 bits per heavy atom. The van der Waals surface area contributed by atoms with Gasteiger partial charge in [-0.2, -0.15) is 0 Å². The number of carboxylic acids is 1. The Kier molecular flexibility index (Phi) is 3.82. The van der Waals surface area contributed by atoms with Crippen molar-refractivity contribution in [3.8, 4) is 0 Å². The molecule has 0 spiro atoms. The van der Waals surface area contributed by atoms with Crippen molar-refractivity contribution < 1.29 is 9.90 Å². The van der Waals surface area contributed by atoms with Crippen LogP contribution >= 0.6 is 11.3 Å². The van der Waals surface area contributed by atoms with Gasteiger partial charge in [0, 0.05) is 19.0 Å². The van der Waals surface area contributed by atoms with Gasteiger partial charge >= 0.3 is 5.97 Å². The molecule has 20 heavy (non-hydrogen) atoms. The second-order valence-electron chi connectivity index (χ2n) is 5.11. The lowest BCUT2D eigenvalue weighted by Crippen LogP contribution is -2.40. The van der Waals surface area contributed by atoms with Crippen molar-refractivity contribution in [1.29, 1.82) is 0 Å². The van der Waals surface area contributed by atoms with Crippen LogP contribution in [0.4, 0.5) is 5.82 Å². The fraction of sp³-hybridized carbons (Fsp3) is 0.500. The number of hydrogen-bond acceptors (Lipinski definition) is 5. The van der Waals surface area contributed by atoms with Crippen LogP contribution in [0.15, 0.2) is 17.8 Å². The number of aromatic nitrogens is 2. The van der Waals surface area contributed by atoms with E-state index in [-0.39, 0.29) is 12.5 Å². The minimum Gasteiger partial charge on any atom is -0.481 e.